The zero-order valence-corrected chi connectivity index (χ0v) is 14.2. The second kappa shape index (κ2) is 7.99. The molecule has 6 heteroatoms. The van der Waals surface area contributed by atoms with Gasteiger partial charge in [0.1, 0.15) is 5.75 Å². The Morgan fingerprint density at radius 2 is 2.09 bits per heavy atom. The molecule has 1 fully saturated rings. The summed E-state index contributed by atoms with van der Waals surface area (Å²) in [5, 5.41) is 1.91. The summed E-state index contributed by atoms with van der Waals surface area (Å²) < 4.78 is 10.5. The van der Waals surface area contributed by atoms with Crippen LogP contribution < -0.4 is 10.1 Å². The van der Waals surface area contributed by atoms with E-state index in [0.29, 0.717) is 4.91 Å². The molecule has 1 saturated heterocycles. The maximum Gasteiger partial charge on any atom is 0.290 e. The van der Waals surface area contributed by atoms with Crippen LogP contribution in [0, 0.1) is 0 Å². The van der Waals surface area contributed by atoms with Gasteiger partial charge in [-0.05, 0) is 61.4 Å². The number of methoxy groups -OCH3 is 1. The number of hydrogen-bond donors (Lipinski definition) is 1. The Morgan fingerprint density at radius 1 is 1.30 bits per heavy atom. The van der Waals surface area contributed by atoms with E-state index in [9.17, 15) is 9.59 Å². The molecule has 2 rings (SSSR count). The molecule has 1 aromatic rings. The van der Waals surface area contributed by atoms with E-state index in [1.54, 1.807) is 13.2 Å². The summed E-state index contributed by atoms with van der Waals surface area (Å²) in [7, 11) is 1.57. The number of benzene rings is 1. The number of imide groups is 1. The van der Waals surface area contributed by atoms with Gasteiger partial charge in [0, 0.05) is 7.11 Å². The zero-order chi connectivity index (χ0) is 16.8. The minimum Gasteiger partial charge on any atom is -0.467 e. The lowest BCUT2D eigenvalue weighted by atomic mass is 10.0. The highest BCUT2D eigenvalue weighted by Gasteiger charge is 2.24. The van der Waals surface area contributed by atoms with E-state index < -0.39 is 0 Å². The van der Waals surface area contributed by atoms with E-state index in [4.69, 9.17) is 9.47 Å². The van der Waals surface area contributed by atoms with Gasteiger partial charge in [-0.3, -0.25) is 14.9 Å². The van der Waals surface area contributed by atoms with E-state index in [-0.39, 0.29) is 17.9 Å². The van der Waals surface area contributed by atoms with Crippen molar-refractivity contribution in [2.45, 2.75) is 20.3 Å². The number of allylic oxidation sites excluding steroid dienone is 2. The lowest BCUT2D eigenvalue weighted by molar-refractivity contribution is -0.115. The largest absolute Gasteiger partial charge is 0.467 e. The predicted octanol–water partition coefficient (Wildman–Crippen LogP) is 3.50. The molecule has 1 aliphatic heterocycles. The summed E-state index contributed by atoms with van der Waals surface area (Å²) in [6.45, 7) is 4.24. The first kappa shape index (κ1) is 17.3. The van der Waals surface area contributed by atoms with Crippen LogP contribution in [0.15, 0.2) is 34.8 Å². The van der Waals surface area contributed by atoms with E-state index in [1.165, 1.54) is 5.57 Å². The van der Waals surface area contributed by atoms with Crippen LogP contribution >= 0.6 is 11.8 Å². The number of amides is 2. The van der Waals surface area contributed by atoms with Crippen LogP contribution in [-0.4, -0.2) is 25.0 Å². The molecule has 0 aromatic heterocycles. The van der Waals surface area contributed by atoms with E-state index in [2.05, 4.69) is 11.4 Å². The van der Waals surface area contributed by atoms with Crippen molar-refractivity contribution in [1.29, 1.82) is 0 Å². The highest BCUT2D eigenvalue weighted by molar-refractivity contribution is 8.18. The fourth-order valence-corrected chi connectivity index (χ4v) is 2.68. The van der Waals surface area contributed by atoms with Crippen LogP contribution in [0.5, 0.6) is 5.75 Å². The number of ether oxygens (including phenoxy) is 2. The topological polar surface area (TPSA) is 64.6 Å². The lowest BCUT2D eigenvalue weighted by Gasteiger charge is -2.11. The van der Waals surface area contributed by atoms with E-state index in [1.807, 2.05) is 32.0 Å². The molecule has 122 valence electrons. The third-order valence-corrected chi connectivity index (χ3v) is 3.90. The Bertz CT molecular complexity index is 675. The van der Waals surface area contributed by atoms with Gasteiger partial charge in [-0.25, -0.2) is 0 Å². The Kier molecular flexibility index (Phi) is 6.01. The smallest absolute Gasteiger partial charge is 0.290 e. The van der Waals surface area contributed by atoms with Crippen molar-refractivity contribution in [3.63, 3.8) is 0 Å². The Balaban J connectivity index is 2.29. The summed E-state index contributed by atoms with van der Waals surface area (Å²) in [5.41, 5.74) is 3.05. The normalized spacial score (nSPS) is 15.7. The average molecular weight is 333 g/mol. The summed E-state index contributed by atoms with van der Waals surface area (Å²) >= 11 is 0.909. The highest BCUT2D eigenvalue weighted by Crippen LogP contribution is 2.28. The lowest BCUT2D eigenvalue weighted by Crippen LogP contribution is -2.17. The minimum absolute atomic E-state index is 0.176. The maximum absolute atomic E-state index is 11.6. The summed E-state index contributed by atoms with van der Waals surface area (Å²) in [5.74, 6) is 0.386. The SMILES string of the molecule is COCOc1ccc(/C=C2/SC(=O)NC2=O)cc1CC=C(C)C. The first-order valence-electron chi connectivity index (χ1n) is 7.12. The van der Waals surface area contributed by atoms with Crippen LogP contribution in [0.4, 0.5) is 4.79 Å². The van der Waals surface area contributed by atoms with Crippen molar-refractivity contribution in [2.24, 2.45) is 0 Å². The molecule has 2 amide bonds. The molecule has 1 N–H and O–H groups in total. The first-order chi connectivity index (χ1) is 11.0. The molecule has 0 unspecified atom stereocenters. The van der Waals surface area contributed by atoms with Gasteiger partial charge in [0.25, 0.3) is 11.1 Å². The van der Waals surface area contributed by atoms with Crippen LogP contribution in [0.1, 0.15) is 25.0 Å². The van der Waals surface area contributed by atoms with Crippen molar-refractivity contribution in [1.82, 2.24) is 5.32 Å². The average Bonchev–Trinajstić information content (AvgIpc) is 2.81. The van der Waals surface area contributed by atoms with Crippen LogP contribution in [0.25, 0.3) is 6.08 Å². The van der Waals surface area contributed by atoms with Crippen molar-refractivity contribution in [2.75, 3.05) is 13.9 Å². The molecule has 1 heterocycles. The summed E-state index contributed by atoms with van der Waals surface area (Å²) in [6.07, 6.45) is 4.53. The molecule has 1 aromatic carbocycles. The molecular formula is C17H19NO4S. The highest BCUT2D eigenvalue weighted by atomic mass is 32.2. The monoisotopic (exact) mass is 333 g/mol. The second-order valence-corrected chi connectivity index (χ2v) is 6.27. The van der Waals surface area contributed by atoms with E-state index in [0.717, 1.165) is 35.1 Å². The van der Waals surface area contributed by atoms with Gasteiger partial charge in [-0.15, -0.1) is 0 Å². The number of thioether (sulfide) groups is 1. The van der Waals surface area contributed by atoms with Gasteiger partial charge in [0.05, 0.1) is 4.91 Å². The van der Waals surface area contributed by atoms with Gasteiger partial charge in [-0.1, -0.05) is 17.7 Å². The molecule has 0 saturated carbocycles. The molecule has 0 spiro atoms. The van der Waals surface area contributed by atoms with Crippen molar-refractivity contribution in [3.8, 4) is 5.75 Å². The molecular weight excluding hydrogens is 314 g/mol. The van der Waals surface area contributed by atoms with Crippen molar-refractivity contribution >= 4 is 29.0 Å². The van der Waals surface area contributed by atoms with Crippen LogP contribution in [0.2, 0.25) is 0 Å². The van der Waals surface area contributed by atoms with Crippen LogP contribution in [-0.2, 0) is 16.0 Å². The number of carbonyl (C=O) groups is 2. The Hall–Kier alpha value is -2.05. The predicted molar refractivity (Wildman–Crippen MR) is 91.2 cm³/mol. The maximum atomic E-state index is 11.6. The van der Waals surface area contributed by atoms with E-state index >= 15 is 0 Å². The number of carbonyl (C=O) groups excluding carboxylic acids is 2. The zero-order valence-electron chi connectivity index (χ0n) is 13.3. The molecule has 0 bridgehead atoms. The third kappa shape index (κ3) is 4.97. The Labute approximate surface area is 139 Å². The first-order valence-corrected chi connectivity index (χ1v) is 7.94. The number of nitrogens with one attached hydrogen (secondary N) is 1. The van der Waals surface area contributed by atoms with Crippen molar-refractivity contribution < 1.29 is 19.1 Å². The fourth-order valence-electron chi connectivity index (χ4n) is 2.00. The van der Waals surface area contributed by atoms with Gasteiger partial charge in [-0.2, -0.15) is 0 Å². The molecule has 23 heavy (non-hydrogen) atoms. The molecule has 0 atom stereocenters. The van der Waals surface area contributed by atoms with Gasteiger partial charge >= 0.3 is 0 Å². The van der Waals surface area contributed by atoms with Crippen molar-refractivity contribution in [3.05, 3.63) is 45.9 Å². The third-order valence-electron chi connectivity index (χ3n) is 3.09. The second-order valence-electron chi connectivity index (χ2n) is 5.26. The van der Waals surface area contributed by atoms with Crippen LogP contribution in [0.3, 0.4) is 0 Å². The molecule has 0 aliphatic carbocycles. The Morgan fingerprint density at radius 3 is 2.70 bits per heavy atom. The fraction of sp³-hybridized carbons (Fsp3) is 0.294. The molecule has 5 nitrogen and oxygen atoms in total. The standard InChI is InChI=1S/C17H19NO4S/c1-11(2)4-6-13-8-12(5-7-14(13)22-10-21-3)9-15-16(19)18-17(20)23-15/h4-5,7-9H,6,10H2,1-3H3,(H,18,19,20)/b15-9+. The minimum atomic E-state index is -0.356. The number of hydrogen-bond acceptors (Lipinski definition) is 5. The van der Waals surface area contributed by atoms with Gasteiger partial charge in [0.15, 0.2) is 6.79 Å². The molecule has 1 aliphatic rings. The molecule has 0 radical (unpaired) electrons. The number of rotatable bonds is 6. The van der Waals surface area contributed by atoms with Gasteiger partial charge in [0.2, 0.25) is 0 Å². The van der Waals surface area contributed by atoms with Gasteiger partial charge < -0.3 is 9.47 Å². The summed E-state index contributed by atoms with van der Waals surface area (Å²) in [4.78, 5) is 23.2. The summed E-state index contributed by atoms with van der Waals surface area (Å²) in [6, 6.07) is 5.65. The quantitative estimate of drug-likeness (QED) is 0.490.